The third kappa shape index (κ3) is 6.77. The third-order valence-electron chi connectivity index (χ3n) is 5.16. The lowest BCUT2D eigenvalue weighted by Gasteiger charge is -2.29. The molecule has 3 heteroatoms. The maximum Gasteiger partial charge on any atom is 0.120 e. The molecule has 140 valence electrons. The number of halogens is 1. The predicted octanol–water partition coefficient (Wildman–Crippen LogP) is 6.77. The fourth-order valence-electron chi connectivity index (χ4n) is 3.67. The van der Waals surface area contributed by atoms with E-state index in [0.29, 0.717) is 6.10 Å². The molecule has 2 aromatic carbocycles. The minimum absolute atomic E-state index is 0.384. The Labute approximate surface area is 166 Å². The molecular weight excluding hydrogens is 388 g/mol. The Hall–Kier alpha value is -1.32. The van der Waals surface area contributed by atoms with Gasteiger partial charge in [-0.2, -0.15) is 0 Å². The highest BCUT2D eigenvalue weighted by Crippen LogP contribution is 2.31. The van der Waals surface area contributed by atoms with Crippen LogP contribution in [0.4, 0.5) is 0 Å². The predicted molar refractivity (Wildman–Crippen MR) is 110 cm³/mol. The Morgan fingerprint density at radius 3 is 2.46 bits per heavy atom. The monoisotopic (exact) mass is 416 g/mol. The quantitative estimate of drug-likeness (QED) is 0.419. The molecular formula is C23H29BrO2. The van der Waals surface area contributed by atoms with E-state index >= 15 is 0 Å². The van der Waals surface area contributed by atoms with Crippen LogP contribution >= 0.6 is 15.9 Å². The molecule has 2 aromatic rings. The third-order valence-corrected chi connectivity index (χ3v) is 5.65. The van der Waals surface area contributed by atoms with Gasteiger partial charge in [-0.15, -0.1) is 0 Å². The van der Waals surface area contributed by atoms with E-state index in [1.165, 1.54) is 50.5 Å². The fraction of sp³-hybridized carbons (Fsp3) is 0.478. The largest absolute Gasteiger partial charge is 0.490 e. The number of hydrogen-bond acceptors (Lipinski definition) is 2. The molecule has 0 saturated heterocycles. The number of unbranched alkanes of at least 4 members (excludes halogenated alkanes) is 1. The van der Waals surface area contributed by atoms with Crippen molar-refractivity contribution in [3.05, 3.63) is 64.6 Å². The summed E-state index contributed by atoms with van der Waals surface area (Å²) in [7, 11) is 0. The smallest absolute Gasteiger partial charge is 0.120 e. The lowest BCUT2D eigenvalue weighted by Crippen LogP contribution is -2.24. The number of ether oxygens (including phenoxy) is 2. The molecule has 0 radical (unpaired) electrons. The Balaban J connectivity index is 1.24. The van der Waals surface area contributed by atoms with Gasteiger partial charge in [-0.1, -0.05) is 65.2 Å². The van der Waals surface area contributed by atoms with Crippen molar-refractivity contribution in [2.75, 3.05) is 6.61 Å². The zero-order valence-corrected chi connectivity index (χ0v) is 17.0. The summed E-state index contributed by atoms with van der Waals surface area (Å²) in [6, 6.07) is 18.6. The summed E-state index contributed by atoms with van der Waals surface area (Å²) in [5.41, 5.74) is 1.26. The van der Waals surface area contributed by atoms with Crippen molar-refractivity contribution in [3.8, 4) is 5.75 Å². The van der Waals surface area contributed by atoms with Gasteiger partial charge in [-0.25, -0.2) is 0 Å². The standard InChI is InChI=1S/C23H29BrO2/c24-21-10-6-11-23(17-21)26-22-14-12-19(13-15-22)7-4-5-16-25-18-20-8-2-1-3-9-20/h1-3,6,8-11,17,19,22H,4-5,7,12-16,18H2. The molecule has 1 fully saturated rings. The van der Waals surface area contributed by atoms with E-state index in [-0.39, 0.29) is 0 Å². The summed E-state index contributed by atoms with van der Waals surface area (Å²) >= 11 is 3.51. The van der Waals surface area contributed by atoms with Gasteiger partial charge < -0.3 is 9.47 Å². The van der Waals surface area contributed by atoms with E-state index in [9.17, 15) is 0 Å². The normalized spacial score (nSPS) is 20.0. The Morgan fingerprint density at radius 1 is 0.885 bits per heavy atom. The number of hydrogen-bond donors (Lipinski definition) is 0. The van der Waals surface area contributed by atoms with Gasteiger partial charge >= 0.3 is 0 Å². The molecule has 1 aliphatic rings. The number of benzene rings is 2. The van der Waals surface area contributed by atoms with Crippen LogP contribution in [-0.4, -0.2) is 12.7 Å². The second-order valence-corrected chi connectivity index (χ2v) is 8.17. The molecule has 0 atom stereocenters. The zero-order chi connectivity index (χ0) is 18.0. The SMILES string of the molecule is Brc1cccc(OC2CCC(CCCCOCc3ccccc3)CC2)c1. The van der Waals surface area contributed by atoms with Gasteiger partial charge in [0.25, 0.3) is 0 Å². The molecule has 0 aliphatic heterocycles. The molecule has 0 spiro atoms. The highest BCUT2D eigenvalue weighted by Gasteiger charge is 2.22. The Bertz CT molecular complexity index is 636. The maximum atomic E-state index is 6.13. The molecule has 0 N–H and O–H groups in total. The molecule has 1 aliphatic carbocycles. The van der Waals surface area contributed by atoms with E-state index in [2.05, 4.69) is 46.3 Å². The van der Waals surface area contributed by atoms with Crippen molar-refractivity contribution < 1.29 is 9.47 Å². The summed E-state index contributed by atoms with van der Waals surface area (Å²) in [6.45, 7) is 1.61. The van der Waals surface area contributed by atoms with Gasteiger partial charge in [0.15, 0.2) is 0 Å². The summed E-state index contributed by atoms with van der Waals surface area (Å²) < 4.78 is 13.0. The molecule has 0 amide bonds. The van der Waals surface area contributed by atoms with Gasteiger partial charge in [-0.3, -0.25) is 0 Å². The summed E-state index contributed by atoms with van der Waals surface area (Å²) in [6.07, 6.45) is 9.11. The van der Waals surface area contributed by atoms with Crippen LogP contribution in [0.2, 0.25) is 0 Å². The Morgan fingerprint density at radius 2 is 1.69 bits per heavy atom. The van der Waals surface area contributed by atoms with Gasteiger partial charge in [0.2, 0.25) is 0 Å². The highest BCUT2D eigenvalue weighted by atomic mass is 79.9. The van der Waals surface area contributed by atoms with Crippen LogP contribution in [0.5, 0.6) is 5.75 Å². The van der Waals surface area contributed by atoms with E-state index in [4.69, 9.17) is 9.47 Å². The van der Waals surface area contributed by atoms with Crippen LogP contribution in [-0.2, 0) is 11.3 Å². The molecule has 0 heterocycles. The molecule has 3 rings (SSSR count). The summed E-state index contributed by atoms with van der Waals surface area (Å²) in [5, 5.41) is 0. The van der Waals surface area contributed by atoms with E-state index in [1.54, 1.807) is 0 Å². The lowest BCUT2D eigenvalue weighted by molar-refractivity contribution is 0.109. The van der Waals surface area contributed by atoms with Crippen molar-refractivity contribution in [1.29, 1.82) is 0 Å². The first-order valence-electron chi connectivity index (χ1n) is 9.83. The van der Waals surface area contributed by atoms with E-state index < -0.39 is 0 Å². The average molecular weight is 417 g/mol. The van der Waals surface area contributed by atoms with E-state index in [1.807, 2.05) is 24.3 Å². The molecule has 1 saturated carbocycles. The first kappa shape index (κ1) is 19.4. The Kier molecular flexibility index (Phi) is 8.03. The highest BCUT2D eigenvalue weighted by molar-refractivity contribution is 9.10. The lowest BCUT2D eigenvalue weighted by atomic mass is 9.84. The van der Waals surface area contributed by atoms with Crippen LogP contribution in [0.15, 0.2) is 59.1 Å². The maximum absolute atomic E-state index is 6.13. The van der Waals surface area contributed by atoms with Crippen LogP contribution in [0, 0.1) is 5.92 Å². The second kappa shape index (κ2) is 10.7. The molecule has 0 aromatic heterocycles. The topological polar surface area (TPSA) is 18.5 Å². The van der Waals surface area contributed by atoms with Gasteiger partial charge in [0.05, 0.1) is 12.7 Å². The van der Waals surface area contributed by atoms with Crippen LogP contribution in [0.3, 0.4) is 0 Å². The van der Waals surface area contributed by atoms with Gasteiger partial charge in [-0.05, 0) is 61.8 Å². The summed E-state index contributed by atoms with van der Waals surface area (Å²) in [4.78, 5) is 0. The zero-order valence-electron chi connectivity index (χ0n) is 15.4. The summed E-state index contributed by atoms with van der Waals surface area (Å²) in [5.74, 6) is 1.85. The molecule has 26 heavy (non-hydrogen) atoms. The van der Waals surface area contributed by atoms with E-state index in [0.717, 1.165) is 29.4 Å². The molecule has 2 nitrogen and oxygen atoms in total. The van der Waals surface area contributed by atoms with Crippen molar-refractivity contribution >= 4 is 15.9 Å². The van der Waals surface area contributed by atoms with Crippen molar-refractivity contribution in [3.63, 3.8) is 0 Å². The van der Waals surface area contributed by atoms with Crippen LogP contribution in [0.25, 0.3) is 0 Å². The fourth-order valence-corrected chi connectivity index (χ4v) is 4.05. The molecule has 0 unspecified atom stereocenters. The van der Waals surface area contributed by atoms with Gasteiger partial charge in [0.1, 0.15) is 5.75 Å². The van der Waals surface area contributed by atoms with Crippen LogP contribution in [0.1, 0.15) is 50.5 Å². The average Bonchev–Trinajstić information content (AvgIpc) is 2.67. The minimum atomic E-state index is 0.384. The van der Waals surface area contributed by atoms with Crippen molar-refractivity contribution in [1.82, 2.24) is 0 Å². The molecule has 0 bridgehead atoms. The second-order valence-electron chi connectivity index (χ2n) is 7.25. The first-order chi connectivity index (χ1) is 12.8. The first-order valence-corrected chi connectivity index (χ1v) is 10.6. The van der Waals surface area contributed by atoms with Gasteiger partial charge in [0, 0.05) is 11.1 Å². The van der Waals surface area contributed by atoms with Crippen molar-refractivity contribution in [2.24, 2.45) is 5.92 Å². The van der Waals surface area contributed by atoms with Crippen molar-refractivity contribution in [2.45, 2.75) is 57.7 Å². The minimum Gasteiger partial charge on any atom is -0.490 e. The number of rotatable bonds is 9. The van der Waals surface area contributed by atoms with Crippen LogP contribution < -0.4 is 4.74 Å².